The lowest BCUT2D eigenvalue weighted by Gasteiger charge is -2.34. The number of anilines is 1. The van der Waals surface area contributed by atoms with Gasteiger partial charge in [0.1, 0.15) is 18.0 Å². The zero-order valence-corrected chi connectivity index (χ0v) is 15.8. The maximum atomic E-state index is 5.55. The highest BCUT2D eigenvalue weighted by atomic mass is 79.9. The van der Waals surface area contributed by atoms with Crippen molar-refractivity contribution in [3.05, 3.63) is 52.5 Å². The molecule has 0 bridgehead atoms. The highest BCUT2D eigenvalue weighted by molar-refractivity contribution is 9.10. The van der Waals surface area contributed by atoms with Crippen molar-refractivity contribution in [2.45, 2.75) is 6.54 Å². The third kappa shape index (κ3) is 3.84. The quantitative estimate of drug-likeness (QED) is 0.847. The number of hydrogen-bond acceptors (Lipinski definition) is 3. The Morgan fingerprint density at radius 1 is 1.00 bits per heavy atom. The average molecular weight is 392 g/mol. The van der Waals surface area contributed by atoms with Crippen LogP contribution in [-0.4, -0.2) is 40.4 Å². The number of benzene rings is 2. The topological polar surface area (TPSA) is 26.1 Å². The molecule has 1 aliphatic heterocycles. The van der Waals surface area contributed by atoms with Gasteiger partial charge in [0.25, 0.3) is 0 Å². The molecule has 0 aromatic heterocycles. The van der Waals surface area contributed by atoms with E-state index in [1.165, 1.54) is 11.3 Å². The number of rotatable bonds is 5. The van der Waals surface area contributed by atoms with Crippen molar-refractivity contribution in [1.29, 1.82) is 0 Å². The fraction of sp³-hybridized carbons (Fsp3) is 0.368. The van der Waals surface area contributed by atoms with Gasteiger partial charge in [-0.05, 0) is 40.2 Å². The van der Waals surface area contributed by atoms with E-state index in [0.717, 1.165) is 48.7 Å². The molecule has 1 saturated heterocycles. The average Bonchev–Trinajstić information content (AvgIpc) is 2.64. The summed E-state index contributed by atoms with van der Waals surface area (Å²) in [5.74, 6) is 1.77. The highest BCUT2D eigenvalue weighted by Crippen LogP contribution is 2.32. The van der Waals surface area contributed by atoms with Gasteiger partial charge in [-0.15, -0.1) is 0 Å². The summed E-state index contributed by atoms with van der Waals surface area (Å²) in [6.07, 6.45) is 0. The molecule has 1 N–H and O–H groups in total. The second-order valence-corrected chi connectivity index (χ2v) is 6.90. The molecule has 0 spiro atoms. The summed E-state index contributed by atoms with van der Waals surface area (Å²) in [4.78, 5) is 4.04. The van der Waals surface area contributed by atoms with E-state index in [9.17, 15) is 0 Å². The van der Waals surface area contributed by atoms with Gasteiger partial charge in [-0.2, -0.15) is 0 Å². The van der Waals surface area contributed by atoms with Crippen LogP contribution in [0.15, 0.2) is 46.9 Å². The molecule has 1 heterocycles. The van der Waals surface area contributed by atoms with Crippen LogP contribution in [-0.2, 0) is 6.54 Å². The zero-order chi connectivity index (χ0) is 16.9. The van der Waals surface area contributed by atoms with E-state index in [4.69, 9.17) is 9.47 Å². The van der Waals surface area contributed by atoms with Crippen LogP contribution in [0.3, 0.4) is 0 Å². The van der Waals surface area contributed by atoms with Crippen molar-refractivity contribution < 1.29 is 14.4 Å². The number of para-hydroxylation sites is 1. The molecule has 5 heteroatoms. The van der Waals surface area contributed by atoms with Crippen LogP contribution < -0.4 is 19.3 Å². The summed E-state index contributed by atoms with van der Waals surface area (Å²) in [6, 6.07) is 14.7. The van der Waals surface area contributed by atoms with Crippen LogP contribution in [0.1, 0.15) is 5.56 Å². The van der Waals surface area contributed by atoms with Crippen molar-refractivity contribution in [1.82, 2.24) is 0 Å². The number of ether oxygens (including phenoxy) is 2. The lowest BCUT2D eigenvalue weighted by molar-refractivity contribution is -0.914. The minimum absolute atomic E-state index is 0.855. The predicted molar refractivity (Wildman–Crippen MR) is 100 cm³/mol. The minimum atomic E-state index is 0.855. The minimum Gasteiger partial charge on any atom is -0.496 e. The van der Waals surface area contributed by atoms with Crippen molar-refractivity contribution in [2.75, 3.05) is 45.3 Å². The second kappa shape index (κ2) is 7.90. The predicted octanol–water partition coefficient (Wildman–Crippen LogP) is 2.37. The molecule has 1 aliphatic rings. The largest absolute Gasteiger partial charge is 0.496 e. The first-order chi connectivity index (χ1) is 11.7. The lowest BCUT2D eigenvalue weighted by atomic mass is 10.1. The van der Waals surface area contributed by atoms with E-state index >= 15 is 0 Å². The van der Waals surface area contributed by atoms with Crippen LogP contribution in [0.2, 0.25) is 0 Å². The molecule has 0 radical (unpaired) electrons. The number of halogens is 1. The van der Waals surface area contributed by atoms with Gasteiger partial charge in [-0.3, -0.25) is 0 Å². The number of nitrogens with one attached hydrogen (secondary N) is 1. The maximum absolute atomic E-state index is 5.55. The van der Waals surface area contributed by atoms with E-state index in [0.29, 0.717) is 0 Å². The van der Waals surface area contributed by atoms with Crippen LogP contribution in [0, 0.1) is 0 Å². The Morgan fingerprint density at radius 3 is 2.29 bits per heavy atom. The van der Waals surface area contributed by atoms with Gasteiger partial charge in [-0.1, -0.05) is 18.2 Å². The Morgan fingerprint density at radius 2 is 1.67 bits per heavy atom. The highest BCUT2D eigenvalue weighted by Gasteiger charge is 2.22. The first-order valence-corrected chi connectivity index (χ1v) is 9.04. The number of nitrogens with zero attached hydrogens (tertiary/aromatic N) is 1. The van der Waals surface area contributed by atoms with Crippen molar-refractivity contribution in [3.63, 3.8) is 0 Å². The zero-order valence-electron chi connectivity index (χ0n) is 14.2. The first kappa shape index (κ1) is 17.1. The van der Waals surface area contributed by atoms with E-state index in [1.54, 1.807) is 19.1 Å². The van der Waals surface area contributed by atoms with Crippen molar-refractivity contribution in [2.24, 2.45) is 0 Å². The summed E-state index contributed by atoms with van der Waals surface area (Å²) >= 11 is 3.52. The van der Waals surface area contributed by atoms with Gasteiger partial charge < -0.3 is 19.3 Å². The maximum Gasteiger partial charge on any atom is 0.133 e. The standard InChI is InChI=1S/C19H23BrN2O2/c1-23-18-13-17(20)19(24-2)12-15(18)14-21-8-10-22(11-9-21)16-6-4-3-5-7-16/h3-7,12-13H,8-11,14H2,1-2H3/p+1. The van der Waals surface area contributed by atoms with Gasteiger partial charge in [0, 0.05) is 5.69 Å². The third-order valence-electron chi connectivity index (χ3n) is 4.59. The Kier molecular flexibility index (Phi) is 5.63. The van der Waals surface area contributed by atoms with Crippen molar-refractivity contribution >= 4 is 21.6 Å². The third-order valence-corrected chi connectivity index (χ3v) is 5.21. The summed E-state index contributed by atoms with van der Waals surface area (Å²) in [7, 11) is 3.42. The molecular formula is C19H24BrN2O2+. The fourth-order valence-electron chi connectivity index (χ4n) is 3.23. The molecule has 2 aromatic carbocycles. The van der Waals surface area contributed by atoms with E-state index in [1.807, 2.05) is 6.07 Å². The van der Waals surface area contributed by atoms with Gasteiger partial charge >= 0.3 is 0 Å². The fourth-order valence-corrected chi connectivity index (χ4v) is 3.71. The van der Waals surface area contributed by atoms with Crippen LogP contribution in [0.5, 0.6) is 11.5 Å². The molecule has 0 aliphatic carbocycles. The number of quaternary nitrogens is 1. The Labute approximate surface area is 152 Å². The molecule has 128 valence electrons. The molecule has 4 nitrogen and oxygen atoms in total. The normalized spacial score (nSPS) is 15.4. The lowest BCUT2D eigenvalue weighted by Crippen LogP contribution is -3.13. The first-order valence-electron chi connectivity index (χ1n) is 8.25. The van der Waals surface area contributed by atoms with Crippen LogP contribution in [0.4, 0.5) is 5.69 Å². The molecule has 0 saturated carbocycles. The molecule has 1 fully saturated rings. The molecule has 0 amide bonds. The van der Waals surface area contributed by atoms with E-state index < -0.39 is 0 Å². The molecule has 3 rings (SSSR count). The number of piperazine rings is 1. The molecule has 0 atom stereocenters. The SMILES string of the molecule is COc1cc(C[NH+]2CCN(c3ccccc3)CC2)c(OC)cc1Br. The van der Waals surface area contributed by atoms with Gasteiger partial charge in [-0.25, -0.2) is 0 Å². The van der Waals surface area contributed by atoms with Crippen molar-refractivity contribution in [3.8, 4) is 11.5 Å². The number of methoxy groups -OCH3 is 2. The smallest absolute Gasteiger partial charge is 0.133 e. The second-order valence-electron chi connectivity index (χ2n) is 6.05. The van der Waals surface area contributed by atoms with Crippen LogP contribution in [0.25, 0.3) is 0 Å². The molecule has 0 unspecified atom stereocenters. The molecular weight excluding hydrogens is 368 g/mol. The Bertz CT molecular complexity index is 671. The Balaban J connectivity index is 1.66. The van der Waals surface area contributed by atoms with E-state index in [2.05, 4.69) is 57.2 Å². The van der Waals surface area contributed by atoms with Gasteiger partial charge in [0.15, 0.2) is 0 Å². The summed E-state index contributed by atoms with van der Waals surface area (Å²) in [6.45, 7) is 5.35. The van der Waals surface area contributed by atoms with Crippen LogP contribution >= 0.6 is 15.9 Å². The Hall–Kier alpha value is -1.72. The summed E-state index contributed by atoms with van der Waals surface area (Å²) in [5.41, 5.74) is 2.51. The monoisotopic (exact) mass is 391 g/mol. The van der Waals surface area contributed by atoms with Gasteiger partial charge in [0.2, 0.25) is 0 Å². The van der Waals surface area contributed by atoms with Gasteiger partial charge in [0.05, 0.1) is 50.4 Å². The van der Waals surface area contributed by atoms with E-state index in [-0.39, 0.29) is 0 Å². The summed E-state index contributed by atoms with van der Waals surface area (Å²) < 4.78 is 11.9. The molecule has 2 aromatic rings. The molecule has 24 heavy (non-hydrogen) atoms. The summed E-state index contributed by atoms with van der Waals surface area (Å²) in [5, 5.41) is 0. The number of hydrogen-bond donors (Lipinski definition) is 1.